The molecule has 0 unspecified atom stereocenters. The molecule has 0 radical (unpaired) electrons. The first-order valence-electron chi connectivity index (χ1n) is 9.36. The minimum absolute atomic E-state index is 0.281. The summed E-state index contributed by atoms with van der Waals surface area (Å²) in [6, 6.07) is 16.5. The van der Waals surface area contributed by atoms with Crippen molar-refractivity contribution in [1.29, 1.82) is 0 Å². The number of rotatable bonds is 6. The molecule has 0 aliphatic carbocycles. The van der Waals surface area contributed by atoms with Crippen molar-refractivity contribution in [1.82, 2.24) is 15.1 Å². The number of carbonyl (C=O) groups excluding carboxylic acids is 3. The second kappa shape index (κ2) is 7.84. The van der Waals surface area contributed by atoms with E-state index in [1.165, 1.54) is 10.5 Å². The Morgan fingerprint density at radius 1 is 1.04 bits per heavy atom. The van der Waals surface area contributed by atoms with Crippen LogP contribution in [0.25, 0.3) is 0 Å². The van der Waals surface area contributed by atoms with Gasteiger partial charge in [-0.05, 0) is 30.0 Å². The van der Waals surface area contributed by atoms with Crippen molar-refractivity contribution in [2.24, 2.45) is 0 Å². The fourth-order valence-electron chi connectivity index (χ4n) is 3.31. The zero-order valence-corrected chi connectivity index (χ0v) is 16.4. The van der Waals surface area contributed by atoms with Crippen molar-refractivity contribution in [2.45, 2.75) is 32.4 Å². The molecule has 2 aromatic carbocycles. The number of benzene rings is 2. The third kappa shape index (κ3) is 3.76. The van der Waals surface area contributed by atoms with Crippen LogP contribution in [0.5, 0.6) is 0 Å². The standard InChI is InChI=1S/C22H25N3O3/c1-4-16-10-12-17(13-11-16)14-24(3)19(26)15-25-20(27)22(2,23-21(25)28)18-8-6-5-7-9-18/h5-13H,4,14-15H2,1-3H3,(H,23,28)/t22-/m1/s1. The van der Waals surface area contributed by atoms with Crippen LogP contribution >= 0.6 is 0 Å². The van der Waals surface area contributed by atoms with E-state index in [-0.39, 0.29) is 12.5 Å². The molecule has 6 nitrogen and oxygen atoms in total. The molecule has 6 heteroatoms. The van der Waals surface area contributed by atoms with Crippen molar-refractivity contribution >= 4 is 17.8 Å². The van der Waals surface area contributed by atoms with Gasteiger partial charge in [0.15, 0.2) is 0 Å². The Morgan fingerprint density at radius 2 is 1.64 bits per heavy atom. The van der Waals surface area contributed by atoms with Gasteiger partial charge in [0, 0.05) is 13.6 Å². The average Bonchev–Trinajstić information content (AvgIpc) is 2.93. The molecule has 146 valence electrons. The van der Waals surface area contributed by atoms with Crippen LogP contribution in [0.3, 0.4) is 0 Å². The largest absolute Gasteiger partial charge is 0.340 e. The molecule has 0 bridgehead atoms. The van der Waals surface area contributed by atoms with Gasteiger partial charge in [-0.3, -0.25) is 14.5 Å². The Bertz CT molecular complexity index is 880. The molecule has 28 heavy (non-hydrogen) atoms. The van der Waals surface area contributed by atoms with Crippen molar-refractivity contribution in [3.63, 3.8) is 0 Å². The molecule has 0 saturated carbocycles. The number of carbonyl (C=O) groups is 3. The predicted molar refractivity (Wildman–Crippen MR) is 106 cm³/mol. The topological polar surface area (TPSA) is 69.7 Å². The molecular formula is C22H25N3O3. The summed E-state index contributed by atoms with van der Waals surface area (Å²) in [6.45, 7) is 3.89. The summed E-state index contributed by atoms with van der Waals surface area (Å²) in [6.07, 6.45) is 0.960. The van der Waals surface area contributed by atoms with Gasteiger partial charge in [-0.15, -0.1) is 0 Å². The zero-order valence-electron chi connectivity index (χ0n) is 16.4. The van der Waals surface area contributed by atoms with Crippen LogP contribution in [-0.4, -0.2) is 41.2 Å². The molecular weight excluding hydrogens is 354 g/mol. The van der Waals surface area contributed by atoms with E-state index in [9.17, 15) is 14.4 Å². The van der Waals surface area contributed by atoms with Crippen LogP contribution in [0.1, 0.15) is 30.5 Å². The van der Waals surface area contributed by atoms with E-state index in [0.717, 1.165) is 16.9 Å². The first-order chi connectivity index (χ1) is 13.3. The molecule has 1 atom stereocenters. The number of amides is 4. The SMILES string of the molecule is CCc1ccc(CN(C)C(=O)CN2C(=O)N[C@](C)(c3ccccc3)C2=O)cc1. The van der Waals surface area contributed by atoms with Gasteiger partial charge in [-0.1, -0.05) is 61.5 Å². The van der Waals surface area contributed by atoms with Gasteiger partial charge >= 0.3 is 6.03 Å². The first kappa shape index (κ1) is 19.6. The van der Waals surface area contributed by atoms with Gasteiger partial charge in [-0.25, -0.2) is 4.79 Å². The summed E-state index contributed by atoms with van der Waals surface area (Å²) < 4.78 is 0. The third-order valence-electron chi connectivity index (χ3n) is 5.20. The minimum Gasteiger partial charge on any atom is -0.340 e. The lowest BCUT2D eigenvalue weighted by atomic mass is 9.92. The first-order valence-corrected chi connectivity index (χ1v) is 9.36. The second-order valence-corrected chi connectivity index (χ2v) is 7.23. The van der Waals surface area contributed by atoms with E-state index in [0.29, 0.717) is 12.1 Å². The Morgan fingerprint density at radius 3 is 2.25 bits per heavy atom. The molecule has 0 spiro atoms. The predicted octanol–water partition coefficient (Wildman–Crippen LogP) is 2.67. The molecule has 3 rings (SSSR count). The van der Waals surface area contributed by atoms with E-state index >= 15 is 0 Å². The van der Waals surface area contributed by atoms with E-state index in [1.807, 2.05) is 42.5 Å². The monoisotopic (exact) mass is 379 g/mol. The van der Waals surface area contributed by atoms with Gasteiger partial charge < -0.3 is 10.2 Å². The van der Waals surface area contributed by atoms with Gasteiger partial charge in [0.25, 0.3) is 5.91 Å². The molecule has 2 aromatic rings. The number of hydrogen-bond acceptors (Lipinski definition) is 3. The molecule has 1 aliphatic heterocycles. The molecule has 1 aliphatic rings. The van der Waals surface area contributed by atoms with Crippen LogP contribution in [0.15, 0.2) is 54.6 Å². The molecule has 1 heterocycles. The summed E-state index contributed by atoms with van der Waals surface area (Å²) in [7, 11) is 1.67. The molecule has 0 aromatic heterocycles. The number of hydrogen-bond donors (Lipinski definition) is 1. The van der Waals surface area contributed by atoms with Crippen LogP contribution in [0.2, 0.25) is 0 Å². The van der Waals surface area contributed by atoms with Crippen molar-refractivity contribution < 1.29 is 14.4 Å². The quantitative estimate of drug-likeness (QED) is 0.785. The fourth-order valence-corrected chi connectivity index (χ4v) is 3.31. The number of likely N-dealkylation sites (N-methyl/N-ethyl adjacent to an activating group) is 1. The minimum atomic E-state index is -1.16. The maximum absolute atomic E-state index is 12.9. The van der Waals surface area contributed by atoms with E-state index < -0.39 is 17.5 Å². The third-order valence-corrected chi connectivity index (χ3v) is 5.20. The van der Waals surface area contributed by atoms with Crippen molar-refractivity contribution in [3.05, 3.63) is 71.3 Å². The highest BCUT2D eigenvalue weighted by atomic mass is 16.2. The molecule has 1 N–H and O–H groups in total. The van der Waals surface area contributed by atoms with E-state index in [2.05, 4.69) is 12.2 Å². The number of urea groups is 1. The highest BCUT2D eigenvalue weighted by molar-refractivity contribution is 6.09. The van der Waals surface area contributed by atoms with Gasteiger partial charge in [-0.2, -0.15) is 0 Å². The van der Waals surface area contributed by atoms with Crippen molar-refractivity contribution in [3.8, 4) is 0 Å². The van der Waals surface area contributed by atoms with Gasteiger partial charge in [0.1, 0.15) is 12.1 Å². The summed E-state index contributed by atoms with van der Waals surface area (Å²) in [4.78, 5) is 40.4. The Labute approximate surface area is 165 Å². The molecule has 1 fully saturated rings. The zero-order chi connectivity index (χ0) is 20.3. The van der Waals surface area contributed by atoms with E-state index in [4.69, 9.17) is 0 Å². The average molecular weight is 379 g/mol. The number of nitrogens with one attached hydrogen (secondary N) is 1. The van der Waals surface area contributed by atoms with Gasteiger partial charge in [0.2, 0.25) is 5.91 Å². The Hall–Kier alpha value is -3.15. The number of nitrogens with zero attached hydrogens (tertiary/aromatic N) is 2. The lowest BCUT2D eigenvalue weighted by Gasteiger charge is -2.23. The summed E-state index contributed by atoms with van der Waals surface area (Å²) in [5.74, 6) is -0.710. The van der Waals surface area contributed by atoms with Crippen LogP contribution < -0.4 is 5.32 Å². The number of aryl methyl sites for hydroxylation is 1. The summed E-state index contributed by atoms with van der Waals surface area (Å²) in [5, 5.41) is 2.72. The highest BCUT2D eigenvalue weighted by Gasteiger charge is 2.49. The fraction of sp³-hybridized carbons (Fsp3) is 0.318. The second-order valence-electron chi connectivity index (χ2n) is 7.23. The lowest BCUT2D eigenvalue weighted by molar-refractivity contribution is -0.138. The summed E-state index contributed by atoms with van der Waals surface area (Å²) in [5.41, 5.74) is 1.76. The van der Waals surface area contributed by atoms with E-state index in [1.54, 1.807) is 26.1 Å². The number of imide groups is 1. The normalized spacial score (nSPS) is 18.9. The highest BCUT2D eigenvalue weighted by Crippen LogP contribution is 2.28. The van der Waals surface area contributed by atoms with Gasteiger partial charge in [0.05, 0.1) is 0 Å². The summed E-state index contributed by atoms with van der Waals surface area (Å²) >= 11 is 0. The smallest absolute Gasteiger partial charge is 0.325 e. The maximum Gasteiger partial charge on any atom is 0.325 e. The van der Waals surface area contributed by atoms with Crippen LogP contribution in [-0.2, 0) is 28.1 Å². The van der Waals surface area contributed by atoms with Crippen molar-refractivity contribution in [2.75, 3.05) is 13.6 Å². The molecule has 4 amide bonds. The van der Waals surface area contributed by atoms with Crippen LogP contribution in [0.4, 0.5) is 4.79 Å². The lowest BCUT2D eigenvalue weighted by Crippen LogP contribution is -2.43. The van der Waals surface area contributed by atoms with Crippen LogP contribution in [0, 0.1) is 0 Å². The maximum atomic E-state index is 12.9. The molecule has 1 saturated heterocycles. The Kier molecular flexibility index (Phi) is 5.49. The Balaban J connectivity index is 1.67.